The molecule has 0 saturated heterocycles. The highest BCUT2D eigenvalue weighted by Gasteiger charge is 2.01. The van der Waals surface area contributed by atoms with Crippen molar-refractivity contribution in [3.05, 3.63) is 42.0 Å². The summed E-state index contributed by atoms with van der Waals surface area (Å²) in [5, 5.41) is 26.6. The lowest BCUT2D eigenvalue weighted by atomic mass is 10.2. The first kappa shape index (κ1) is 16.7. The van der Waals surface area contributed by atoms with Crippen LogP contribution in [0.4, 0.5) is 0 Å². The van der Waals surface area contributed by atoms with Crippen molar-refractivity contribution in [1.82, 2.24) is 0 Å². The van der Waals surface area contributed by atoms with Crippen LogP contribution in [0.2, 0.25) is 0 Å². The third-order valence-corrected chi connectivity index (χ3v) is 1.90. The summed E-state index contributed by atoms with van der Waals surface area (Å²) in [5.74, 6) is -2.41. The fourth-order valence-corrected chi connectivity index (χ4v) is 1.18. The molecule has 0 aromatic heterocycles. The maximum absolute atomic E-state index is 9.53. The van der Waals surface area contributed by atoms with Crippen molar-refractivity contribution in [2.45, 2.75) is 6.54 Å². The first-order chi connectivity index (χ1) is 8.82. The third-order valence-electron chi connectivity index (χ3n) is 1.90. The van der Waals surface area contributed by atoms with Gasteiger partial charge >= 0.3 is 5.97 Å². The molecule has 1 rings (SSSR count). The third kappa shape index (κ3) is 9.37. The molecule has 3 N–H and O–H groups in total. The fourth-order valence-electron chi connectivity index (χ4n) is 1.18. The number of phenolic OH excluding ortho intramolecular Hbond substituents is 1. The van der Waals surface area contributed by atoms with Gasteiger partial charge in [0.05, 0.1) is 20.1 Å². The fraction of sp³-hybridized carbons (Fsp3) is 0.231. The molecule has 0 unspecified atom stereocenters. The van der Waals surface area contributed by atoms with Gasteiger partial charge < -0.3 is 25.0 Å². The van der Waals surface area contributed by atoms with Crippen LogP contribution in [0.1, 0.15) is 5.56 Å². The monoisotopic (exact) mass is 267 g/mol. The summed E-state index contributed by atoms with van der Waals surface area (Å²) in [6, 6.07) is 7.45. The number of aliphatic carboxylic acids is 2. The van der Waals surface area contributed by atoms with Gasteiger partial charge in [-0.25, -0.2) is 4.79 Å². The second kappa shape index (κ2) is 8.71. The average Bonchev–Trinajstić information content (AvgIpc) is 2.30. The first-order valence-corrected chi connectivity index (χ1v) is 5.50. The highest BCUT2D eigenvalue weighted by atomic mass is 16.4. The van der Waals surface area contributed by atoms with Gasteiger partial charge in [-0.15, -0.1) is 0 Å². The first-order valence-electron chi connectivity index (χ1n) is 5.50. The zero-order valence-corrected chi connectivity index (χ0v) is 10.8. The van der Waals surface area contributed by atoms with Crippen LogP contribution in [-0.2, 0) is 16.1 Å². The van der Waals surface area contributed by atoms with Crippen molar-refractivity contribution in [3.8, 4) is 5.75 Å². The number of para-hydroxylation sites is 1. The van der Waals surface area contributed by atoms with Crippen molar-refractivity contribution in [2.24, 2.45) is 0 Å². The number of phenols is 1. The summed E-state index contributed by atoms with van der Waals surface area (Å²) in [4.78, 5) is 20.3. The van der Waals surface area contributed by atoms with E-state index in [0.717, 1.165) is 12.1 Å². The highest BCUT2D eigenvalue weighted by Crippen LogP contribution is 2.13. The minimum absolute atomic E-state index is 0.397. The maximum Gasteiger partial charge on any atom is 0.328 e. The second-order valence-corrected chi connectivity index (χ2v) is 4.00. The van der Waals surface area contributed by atoms with E-state index in [0.29, 0.717) is 17.9 Å². The molecule has 0 saturated carbocycles. The van der Waals surface area contributed by atoms with Crippen molar-refractivity contribution < 1.29 is 29.8 Å². The van der Waals surface area contributed by atoms with E-state index in [2.05, 4.69) is 14.1 Å². The van der Waals surface area contributed by atoms with Crippen LogP contribution in [-0.4, -0.2) is 36.2 Å². The van der Waals surface area contributed by atoms with Gasteiger partial charge in [0.15, 0.2) is 0 Å². The number of quaternary nitrogens is 1. The number of hydrogen-bond donors (Lipinski definition) is 3. The molecule has 0 amide bonds. The van der Waals surface area contributed by atoms with Crippen LogP contribution in [0.3, 0.4) is 0 Å². The smallest absolute Gasteiger partial charge is 0.328 e. The van der Waals surface area contributed by atoms with Gasteiger partial charge in [-0.1, -0.05) is 12.1 Å². The Morgan fingerprint density at radius 3 is 2.21 bits per heavy atom. The predicted octanol–water partition coefficient (Wildman–Crippen LogP) is -1.59. The number of rotatable bonds is 4. The number of benzene rings is 1. The Hall–Kier alpha value is -2.34. The van der Waals surface area contributed by atoms with Crippen LogP contribution in [0.5, 0.6) is 5.75 Å². The molecule has 0 aliphatic heterocycles. The van der Waals surface area contributed by atoms with Gasteiger partial charge in [-0.3, -0.25) is 0 Å². The van der Waals surface area contributed by atoms with Crippen LogP contribution in [0.15, 0.2) is 36.4 Å². The van der Waals surface area contributed by atoms with Gasteiger partial charge in [-0.2, -0.15) is 0 Å². The van der Waals surface area contributed by atoms with E-state index in [9.17, 15) is 19.8 Å². The Kier molecular flexibility index (Phi) is 7.64. The van der Waals surface area contributed by atoms with Crippen LogP contribution >= 0.6 is 0 Å². The Bertz CT molecular complexity index is 438. The molecule has 6 heteroatoms. The molecule has 0 aliphatic carbocycles. The summed E-state index contributed by atoms with van der Waals surface area (Å²) in [5.41, 5.74) is 1.01. The van der Waals surface area contributed by atoms with Gasteiger partial charge in [0.25, 0.3) is 0 Å². The van der Waals surface area contributed by atoms with E-state index < -0.39 is 11.9 Å². The molecule has 0 aliphatic rings. The molecule has 0 atom stereocenters. The van der Waals surface area contributed by atoms with Gasteiger partial charge in [0.1, 0.15) is 12.3 Å². The number of carbonyl (C=O) groups excluding carboxylic acids is 1. The molecule has 0 fully saturated rings. The summed E-state index contributed by atoms with van der Waals surface area (Å²) in [6.45, 7) is 0.868. The molecule has 1 aromatic carbocycles. The SMILES string of the molecule is C[NH+](C)Cc1ccccc1O.O=C([O-])C=CC(=O)O. The zero-order chi connectivity index (χ0) is 14.8. The number of hydrogen-bond acceptors (Lipinski definition) is 4. The molecule has 0 spiro atoms. The zero-order valence-electron chi connectivity index (χ0n) is 10.8. The Morgan fingerprint density at radius 1 is 1.26 bits per heavy atom. The Balaban J connectivity index is 0.000000362. The lowest BCUT2D eigenvalue weighted by Crippen LogP contribution is -3.04. The molecule has 6 nitrogen and oxygen atoms in total. The van der Waals surface area contributed by atoms with E-state index in [1.807, 2.05) is 18.2 Å². The predicted molar refractivity (Wildman–Crippen MR) is 66.4 cm³/mol. The summed E-state index contributed by atoms with van der Waals surface area (Å²) < 4.78 is 0. The molecule has 104 valence electrons. The summed E-state index contributed by atoms with van der Waals surface area (Å²) >= 11 is 0. The van der Waals surface area contributed by atoms with Crippen molar-refractivity contribution in [1.29, 1.82) is 0 Å². The van der Waals surface area contributed by atoms with Gasteiger partial charge in [-0.05, 0) is 18.2 Å². The molecule has 0 heterocycles. The van der Waals surface area contributed by atoms with E-state index in [1.165, 1.54) is 4.90 Å². The van der Waals surface area contributed by atoms with Gasteiger partial charge in [0.2, 0.25) is 0 Å². The molecule has 0 bridgehead atoms. The maximum atomic E-state index is 9.53. The molecular weight excluding hydrogens is 250 g/mol. The van der Waals surface area contributed by atoms with Crippen molar-refractivity contribution in [3.63, 3.8) is 0 Å². The molecule has 1 aromatic rings. The molecular formula is C13H17NO5. The van der Waals surface area contributed by atoms with E-state index in [4.69, 9.17) is 5.11 Å². The topological polar surface area (TPSA) is 102 Å². The van der Waals surface area contributed by atoms with Crippen molar-refractivity contribution in [2.75, 3.05) is 14.1 Å². The Labute approximate surface area is 111 Å². The number of aromatic hydroxyl groups is 1. The second-order valence-electron chi connectivity index (χ2n) is 4.00. The lowest BCUT2D eigenvalue weighted by molar-refractivity contribution is -0.872. The number of nitrogens with one attached hydrogen (secondary N) is 1. The van der Waals surface area contributed by atoms with Crippen molar-refractivity contribution >= 4 is 11.9 Å². The number of carboxylic acids is 2. The van der Waals surface area contributed by atoms with Crippen LogP contribution in [0, 0.1) is 0 Å². The largest absolute Gasteiger partial charge is 0.545 e. The van der Waals surface area contributed by atoms with Crippen LogP contribution < -0.4 is 10.0 Å². The number of carboxylic acid groups (broad SMARTS) is 2. The molecule has 0 radical (unpaired) electrons. The normalized spacial score (nSPS) is 10.1. The Morgan fingerprint density at radius 2 is 1.84 bits per heavy atom. The lowest BCUT2D eigenvalue weighted by Gasteiger charge is -2.07. The standard InChI is InChI=1S/C9H13NO.C4H4O4/c1-10(2)7-8-5-3-4-6-9(8)11;5-3(6)1-2-4(7)8/h3-6,11H,7H2,1-2H3;1-2H,(H,5,6)(H,7,8). The summed E-state index contributed by atoms with van der Waals surface area (Å²) in [7, 11) is 4.12. The minimum Gasteiger partial charge on any atom is -0.545 e. The number of carbonyl (C=O) groups is 2. The van der Waals surface area contributed by atoms with Gasteiger partial charge in [0, 0.05) is 11.6 Å². The quantitative estimate of drug-likeness (QED) is 0.571. The minimum atomic E-state index is -1.51. The highest BCUT2D eigenvalue weighted by molar-refractivity contribution is 5.88. The van der Waals surface area contributed by atoms with Crippen LogP contribution in [0.25, 0.3) is 0 Å². The van der Waals surface area contributed by atoms with E-state index in [-0.39, 0.29) is 0 Å². The summed E-state index contributed by atoms with van der Waals surface area (Å²) in [6.07, 6.45) is 0.942. The molecule has 19 heavy (non-hydrogen) atoms. The van der Waals surface area contributed by atoms with E-state index in [1.54, 1.807) is 6.07 Å². The van der Waals surface area contributed by atoms with E-state index >= 15 is 0 Å². The average molecular weight is 267 g/mol.